The first-order valence-electron chi connectivity index (χ1n) is 8.83. The third kappa shape index (κ3) is 4.97. The first-order chi connectivity index (χ1) is 13.0. The molecule has 0 aliphatic heterocycles. The molecule has 3 aromatic rings. The number of benzene rings is 2. The van der Waals surface area contributed by atoms with Gasteiger partial charge in [-0.15, -0.1) is 0 Å². The number of carbonyl (C=O) groups excluding carboxylic acids is 1. The lowest BCUT2D eigenvalue weighted by Gasteiger charge is -2.14. The molecule has 0 spiro atoms. The van der Waals surface area contributed by atoms with Crippen molar-refractivity contribution in [2.24, 2.45) is 0 Å². The summed E-state index contributed by atoms with van der Waals surface area (Å²) in [5.74, 6) is 1.94. The Morgan fingerprint density at radius 2 is 1.78 bits per heavy atom. The fraction of sp³-hybridized carbons (Fsp3) is 0.227. The minimum absolute atomic E-state index is 0.0748. The molecule has 0 saturated heterocycles. The number of halogens is 1. The zero-order chi connectivity index (χ0) is 19.2. The van der Waals surface area contributed by atoms with Gasteiger partial charge in [-0.05, 0) is 61.0 Å². The molecule has 0 aliphatic rings. The second-order valence-corrected chi connectivity index (χ2v) is 6.34. The molecule has 3 rings (SSSR count). The molecule has 140 valence electrons. The van der Waals surface area contributed by atoms with Gasteiger partial charge in [-0.2, -0.15) is 0 Å². The summed E-state index contributed by atoms with van der Waals surface area (Å²) in [5, 5.41) is 2.92. The van der Waals surface area contributed by atoms with Gasteiger partial charge in [0.2, 0.25) is 5.91 Å². The highest BCUT2D eigenvalue weighted by atomic mass is 19.1. The zero-order valence-electron chi connectivity index (χ0n) is 15.4. The Morgan fingerprint density at radius 1 is 1.07 bits per heavy atom. The van der Waals surface area contributed by atoms with Gasteiger partial charge in [-0.1, -0.05) is 12.1 Å². The van der Waals surface area contributed by atoms with E-state index in [0.29, 0.717) is 12.8 Å². The molecule has 5 heteroatoms. The summed E-state index contributed by atoms with van der Waals surface area (Å²) in [6.07, 6.45) is 0.833. The average molecular weight is 367 g/mol. The Kier molecular flexibility index (Phi) is 5.91. The first-order valence-corrected chi connectivity index (χ1v) is 8.83. The van der Waals surface area contributed by atoms with E-state index < -0.39 is 0 Å². The van der Waals surface area contributed by atoms with E-state index >= 15 is 0 Å². The van der Waals surface area contributed by atoms with Gasteiger partial charge in [0.25, 0.3) is 0 Å². The van der Waals surface area contributed by atoms with Crippen LogP contribution < -0.4 is 10.1 Å². The Labute approximate surface area is 158 Å². The fourth-order valence-corrected chi connectivity index (χ4v) is 2.81. The number of methoxy groups -OCH3 is 1. The highest BCUT2D eigenvalue weighted by Crippen LogP contribution is 2.25. The maximum Gasteiger partial charge on any atom is 0.220 e. The van der Waals surface area contributed by atoms with E-state index in [4.69, 9.17) is 9.15 Å². The number of hydrogen-bond acceptors (Lipinski definition) is 3. The number of aryl methyl sites for hydroxylation is 1. The van der Waals surface area contributed by atoms with Crippen LogP contribution in [0, 0.1) is 5.82 Å². The third-order valence-corrected chi connectivity index (χ3v) is 4.38. The molecule has 0 radical (unpaired) electrons. The van der Waals surface area contributed by atoms with E-state index in [0.717, 1.165) is 28.4 Å². The average Bonchev–Trinajstić information content (AvgIpc) is 3.16. The van der Waals surface area contributed by atoms with Crippen molar-refractivity contribution in [2.45, 2.75) is 25.8 Å². The molecule has 4 nitrogen and oxygen atoms in total. The summed E-state index contributed by atoms with van der Waals surface area (Å²) in [5.41, 5.74) is 1.82. The van der Waals surface area contributed by atoms with Crippen molar-refractivity contribution in [3.8, 4) is 17.1 Å². The van der Waals surface area contributed by atoms with Crippen molar-refractivity contribution < 1.29 is 18.3 Å². The van der Waals surface area contributed by atoms with Crippen LogP contribution in [0.1, 0.15) is 30.7 Å². The highest BCUT2D eigenvalue weighted by Gasteiger charge is 2.11. The molecule has 1 amide bonds. The lowest BCUT2D eigenvalue weighted by atomic mass is 10.1. The van der Waals surface area contributed by atoms with Gasteiger partial charge in [-0.25, -0.2) is 4.39 Å². The normalized spacial score (nSPS) is 11.8. The van der Waals surface area contributed by atoms with Crippen LogP contribution in [-0.2, 0) is 11.2 Å². The number of furan rings is 1. The molecule has 27 heavy (non-hydrogen) atoms. The maximum atomic E-state index is 13.0. The summed E-state index contributed by atoms with van der Waals surface area (Å²) in [7, 11) is 1.63. The predicted octanol–water partition coefficient (Wildman–Crippen LogP) is 4.90. The maximum absolute atomic E-state index is 13.0. The molecule has 2 aromatic carbocycles. The SMILES string of the molecule is COc1ccc(-c2ccc(CCC(=O)N[C@@H](C)c3ccc(F)cc3)o2)cc1. The van der Waals surface area contributed by atoms with Crippen molar-refractivity contribution in [1.82, 2.24) is 5.32 Å². The van der Waals surface area contributed by atoms with Gasteiger partial charge >= 0.3 is 0 Å². The number of ether oxygens (including phenoxy) is 1. The molecule has 0 bridgehead atoms. The number of rotatable bonds is 7. The standard InChI is InChI=1S/C22H22FNO3/c1-15(16-3-7-18(23)8-4-16)24-22(25)14-12-20-11-13-21(27-20)17-5-9-19(26-2)10-6-17/h3-11,13,15H,12,14H2,1-2H3,(H,24,25)/t15-/m0/s1. The minimum Gasteiger partial charge on any atom is -0.497 e. The van der Waals surface area contributed by atoms with E-state index in [1.54, 1.807) is 19.2 Å². The molecular weight excluding hydrogens is 345 g/mol. The Bertz CT molecular complexity index is 885. The van der Waals surface area contributed by atoms with E-state index in [2.05, 4.69) is 5.32 Å². The summed E-state index contributed by atoms with van der Waals surface area (Å²) >= 11 is 0. The van der Waals surface area contributed by atoms with Crippen LogP contribution in [0.25, 0.3) is 11.3 Å². The third-order valence-electron chi connectivity index (χ3n) is 4.38. The van der Waals surface area contributed by atoms with Crippen LogP contribution in [0.15, 0.2) is 65.1 Å². The topological polar surface area (TPSA) is 51.5 Å². The van der Waals surface area contributed by atoms with Gasteiger partial charge in [0.15, 0.2) is 0 Å². The smallest absolute Gasteiger partial charge is 0.220 e. The van der Waals surface area contributed by atoms with E-state index in [-0.39, 0.29) is 17.8 Å². The van der Waals surface area contributed by atoms with Gasteiger partial charge in [0.1, 0.15) is 23.1 Å². The minimum atomic E-state index is -0.289. The second kappa shape index (κ2) is 8.54. The lowest BCUT2D eigenvalue weighted by Crippen LogP contribution is -2.26. The van der Waals surface area contributed by atoms with Gasteiger partial charge < -0.3 is 14.5 Å². The van der Waals surface area contributed by atoms with Crippen molar-refractivity contribution in [3.63, 3.8) is 0 Å². The van der Waals surface area contributed by atoms with Gasteiger partial charge in [0.05, 0.1) is 13.2 Å². The van der Waals surface area contributed by atoms with Crippen molar-refractivity contribution in [2.75, 3.05) is 7.11 Å². The Hall–Kier alpha value is -3.08. The molecule has 1 N–H and O–H groups in total. The quantitative estimate of drug-likeness (QED) is 0.646. The van der Waals surface area contributed by atoms with Crippen LogP contribution >= 0.6 is 0 Å². The van der Waals surface area contributed by atoms with Crippen LogP contribution in [0.3, 0.4) is 0 Å². The molecule has 1 aromatic heterocycles. The first kappa shape index (κ1) is 18.7. The van der Waals surface area contributed by atoms with Crippen molar-refractivity contribution in [1.29, 1.82) is 0 Å². The van der Waals surface area contributed by atoms with Crippen molar-refractivity contribution >= 4 is 5.91 Å². The Balaban J connectivity index is 1.53. The van der Waals surface area contributed by atoms with Gasteiger partial charge in [-0.3, -0.25) is 4.79 Å². The number of nitrogens with one attached hydrogen (secondary N) is 1. The van der Waals surface area contributed by atoms with Crippen LogP contribution in [0.2, 0.25) is 0 Å². The number of amides is 1. The van der Waals surface area contributed by atoms with Gasteiger partial charge in [0, 0.05) is 18.4 Å². The molecule has 1 atom stereocenters. The lowest BCUT2D eigenvalue weighted by molar-refractivity contribution is -0.121. The largest absolute Gasteiger partial charge is 0.497 e. The summed E-state index contributed by atoms with van der Waals surface area (Å²) in [6, 6.07) is 17.3. The van der Waals surface area contributed by atoms with E-state index in [1.165, 1.54) is 12.1 Å². The summed E-state index contributed by atoms with van der Waals surface area (Å²) in [4.78, 5) is 12.2. The summed E-state index contributed by atoms with van der Waals surface area (Å²) < 4.78 is 24.0. The van der Waals surface area contributed by atoms with Crippen molar-refractivity contribution in [3.05, 3.63) is 77.8 Å². The molecule has 0 unspecified atom stereocenters. The fourth-order valence-electron chi connectivity index (χ4n) is 2.81. The van der Waals surface area contributed by atoms with Crippen LogP contribution in [0.5, 0.6) is 5.75 Å². The molecule has 1 heterocycles. The predicted molar refractivity (Wildman–Crippen MR) is 102 cm³/mol. The highest BCUT2D eigenvalue weighted by molar-refractivity contribution is 5.76. The Morgan fingerprint density at radius 3 is 2.44 bits per heavy atom. The molecule has 0 saturated carbocycles. The summed E-state index contributed by atoms with van der Waals surface area (Å²) in [6.45, 7) is 1.87. The van der Waals surface area contributed by atoms with E-state index in [1.807, 2.05) is 43.3 Å². The molecule has 0 aliphatic carbocycles. The number of carbonyl (C=O) groups is 1. The second-order valence-electron chi connectivity index (χ2n) is 6.34. The van der Waals surface area contributed by atoms with Crippen LogP contribution in [0.4, 0.5) is 4.39 Å². The molecule has 0 fully saturated rings. The van der Waals surface area contributed by atoms with Crippen LogP contribution in [-0.4, -0.2) is 13.0 Å². The number of hydrogen-bond donors (Lipinski definition) is 1. The molecular formula is C22H22FNO3. The monoisotopic (exact) mass is 367 g/mol. The zero-order valence-corrected chi connectivity index (χ0v) is 15.4. The van der Waals surface area contributed by atoms with E-state index in [9.17, 15) is 9.18 Å².